The standard InChI is InChI=1S/C13H21ClN4/c1-17(2)11-4-7-18(8-5-11)13-12(14)10(9-15)3-6-16-13/h3,6,11H,4-5,7-9,15H2,1-2H3. The summed E-state index contributed by atoms with van der Waals surface area (Å²) in [5.74, 6) is 0.886. The second-order valence-corrected chi connectivity index (χ2v) is 5.37. The van der Waals surface area contributed by atoms with Crippen molar-refractivity contribution in [2.24, 2.45) is 5.73 Å². The SMILES string of the molecule is CN(C)C1CCN(c2nccc(CN)c2Cl)CC1. The highest BCUT2D eigenvalue weighted by atomic mass is 35.5. The zero-order valence-corrected chi connectivity index (χ0v) is 11.8. The molecule has 1 saturated heterocycles. The van der Waals surface area contributed by atoms with E-state index in [-0.39, 0.29) is 0 Å². The van der Waals surface area contributed by atoms with Gasteiger partial charge in [0.25, 0.3) is 0 Å². The number of hydrogen-bond donors (Lipinski definition) is 1. The second kappa shape index (κ2) is 5.87. The first-order valence-corrected chi connectivity index (χ1v) is 6.76. The van der Waals surface area contributed by atoms with Gasteiger partial charge >= 0.3 is 0 Å². The van der Waals surface area contributed by atoms with Crippen LogP contribution in [0, 0.1) is 0 Å². The molecule has 0 bridgehead atoms. The van der Waals surface area contributed by atoms with E-state index in [0.717, 1.165) is 37.3 Å². The van der Waals surface area contributed by atoms with Crippen molar-refractivity contribution in [1.82, 2.24) is 9.88 Å². The third-order valence-electron chi connectivity index (χ3n) is 3.67. The van der Waals surface area contributed by atoms with E-state index in [4.69, 9.17) is 17.3 Å². The highest BCUT2D eigenvalue weighted by Crippen LogP contribution is 2.29. The normalized spacial score (nSPS) is 17.5. The number of anilines is 1. The summed E-state index contributed by atoms with van der Waals surface area (Å²) in [6, 6.07) is 2.55. The van der Waals surface area contributed by atoms with Gasteiger partial charge in [-0.25, -0.2) is 4.98 Å². The van der Waals surface area contributed by atoms with E-state index in [1.807, 2.05) is 6.07 Å². The average molecular weight is 269 g/mol. The Balaban J connectivity index is 2.10. The first-order chi connectivity index (χ1) is 8.63. The molecule has 1 aliphatic heterocycles. The smallest absolute Gasteiger partial charge is 0.147 e. The van der Waals surface area contributed by atoms with E-state index in [0.29, 0.717) is 17.6 Å². The lowest BCUT2D eigenvalue weighted by molar-refractivity contribution is 0.249. The van der Waals surface area contributed by atoms with Gasteiger partial charge < -0.3 is 15.5 Å². The molecule has 100 valence electrons. The van der Waals surface area contributed by atoms with Crippen molar-refractivity contribution < 1.29 is 0 Å². The van der Waals surface area contributed by atoms with Crippen molar-refractivity contribution in [2.75, 3.05) is 32.1 Å². The van der Waals surface area contributed by atoms with E-state index in [1.54, 1.807) is 6.20 Å². The fourth-order valence-corrected chi connectivity index (χ4v) is 2.75. The maximum absolute atomic E-state index is 6.35. The van der Waals surface area contributed by atoms with Crippen LogP contribution in [0.1, 0.15) is 18.4 Å². The van der Waals surface area contributed by atoms with Crippen molar-refractivity contribution in [3.8, 4) is 0 Å². The molecule has 2 heterocycles. The summed E-state index contributed by atoms with van der Waals surface area (Å²) < 4.78 is 0. The highest BCUT2D eigenvalue weighted by molar-refractivity contribution is 6.33. The second-order valence-electron chi connectivity index (χ2n) is 4.99. The van der Waals surface area contributed by atoms with Crippen LogP contribution in [0.25, 0.3) is 0 Å². The van der Waals surface area contributed by atoms with Crippen molar-refractivity contribution in [2.45, 2.75) is 25.4 Å². The molecule has 0 aromatic carbocycles. The molecule has 0 unspecified atom stereocenters. The first kappa shape index (κ1) is 13.6. The topological polar surface area (TPSA) is 45.4 Å². The molecule has 0 atom stereocenters. The van der Waals surface area contributed by atoms with E-state index in [9.17, 15) is 0 Å². The van der Waals surface area contributed by atoms with Crippen LogP contribution in [0.5, 0.6) is 0 Å². The van der Waals surface area contributed by atoms with Crippen LogP contribution in [0.3, 0.4) is 0 Å². The van der Waals surface area contributed by atoms with Crippen LogP contribution >= 0.6 is 11.6 Å². The minimum absolute atomic E-state index is 0.461. The van der Waals surface area contributed by atoms with E-state index in [2.05, 4.69) is 28.9 Å². The summed E-state index contributed by atoms with van der Waals surface area (Å²) in [5.41, 5.74) is 6.64. The minimum Gasteiger partial charge on any atom is -0.355 e. The number of rotatable bonds is 3. The lowest BCUT2D eigenvalue weighted by atomic mass is 10.0. The van der Waals surface area contributed by atoms with Gasteiger partial charge in [0.15, 0.2) is 0 Å². The molecule has 1 aromatic heterocycles. The molecule has 1 aliphatic rings. The van der Waals surface area contributed by atoms with Crippen LogP contribution in [0.2, 0.25) is 5.02 Å². The molecule has 0 saturated carbocycles. The average Bonchev–Trinajstić information content (AvgIpc) is 2.39. The molecule has 0 radical (unpaired) electrons. The molecule has 4 nitrogen and oxygen atoms in total. The van der Waals surface area contributed by atoms with Crippen molar-refractivity contribution in [3.05, 3.63) is 22.8 Å². The molecular weight excluding hydrogens is 248 g/mol. The molecule has 1 aromatic rings. The maximum Gasteiger partial charge on any atom is 0.147 e. The van der Waals surface area contributed by atoms with E-state index >= 15 is 0 Å². The van der Waals surface area contributed by atoms with Crippen molar-refractivity contribution in [1.29, 1.82) is 0 Å². The summed E-state index contributed by atoms with van der Waals surface area (Å²) in [7, 11) is 4.28. The summed E-state index contributed by atoms with van der Waals surface area (Å²) in [6.07, 6.45) is 4.09. The Kier molecular flexibility index (Phi) is 4.43. The molecule has 0 amide bonds. The van der Waals surface area contributed by atoms with Crippen LogP contribution in [0.4, 0.5) is 5.82 Å². The highest BCUT2D eigenvalue weighted by Gasteiger charge is 2.23. The monoisotopic (exact) mass is 268 g/mol. The number of pyridine rings is 1. The van der Waals surface area contributed by atoms with Gasteiger partial charge in [0, 0.05) is 31.9 Å². The summed E-state index contributed by atoms with van der Waals surface area (Å²) in [4.78, 5) is 8.96. The third-order valence-corrected chi connectivity index (χ3v) is 4.08. The number of nitrogens with zero attached hydrogens (tertiary/aromatic N) is 3. The van der Waals surface area contributed by atoms with Crippen LogP contribution in [-0.2, 0) is 6.54 Å². The van der Waals surface area contributed by atoms with Gasteiger partial charge in [0.1, 0.15) is 5.82 Å². The number of nitrogens with two attached hydrogens (primary N) is 1. The first-order valence-electron chi connectivity index (χ1n) is 6.38. The molecular formula is C13H21ClN4. The Morgan fingerprint density at radius 2 is 2.11 bits per heavy atom. The van der Waals surface area contributed by atoms with Gasteiger partial charge in [-0.3, -0.25) is 0 Å². The molecule has 2 N–H and O–H groups in total. The Morgan fingerprint density at radius 3 is 2.67 bits per heavy atom. The molecule has 18 heavy (non-hydrogen) atoms. The quantitative estimate of drug-likeness (QED) is 0.907. The largest absolute Gasteiger partial charge is 0.355 e. The Bertz CT molecular complexity index is 400. The van der Waals surface area contributed by atoms with Gasteiger partial charge in [-0.2, -0.15) is 0 Å². The lowest BCUT2D eigenvalue weighted by Gasteiger charge is -2.36. The Hall–Kier alpha value is -0.840. The van der Waals surface area contributed by atoms with Crippen LogP contribution in [-0.4, -0.2) is 43.1 Å². The zero-order chi connectivity index (χ0) is 13.1. The number of hydrogen-bond acceptors (Lipinski definition) is 4. The molecule has 2 rings (SSSR count). The van der Waals surface area contributed by atoms with E-state index < -0.39 is 0 Å². The predicted octanol–water partition coefficient (Wildman–Crippen LogP) is 1.72. The zero-order valence-electron chi connectivity index (χ0n) is 11.1. The summed E-state index contributed by atoms with van der Waals surface area (Å²) >= 11 is 6.35. The van der Waals surface area contributed by atoms with Gasteiger partial charge in [-0.1, -0.05) is 11.6 Å². The summed E-state index contributed by atoms with van der Waals surface area (Å²) in [6.45, 7) is 2.47. The fourth-order valence-electron chi connectivity index (χ4n) is 2.44. The Labute approximate surface area is 114 Å². The van der Waals surface area contributed by atoms with Crippen LogP contribution in [0.15, 0.2) is 12.3 Å². The third kappa shape index (κ3) is 2.76. The summed E-state index contributed by atoms with van der Waals surface area (Å²) in [5, 5.41) is 0.711. The number of halogens is 1. The van der Waals surface area contributed by atoms with Gasteiger partial charge in [0.05, 0.1) is 5.02 Å². The van der Waals surface area contributed by atoms with Crippen LogP contribution < -0.4 is 10.6 Å². The molecule has 0 aliphatic carbocycles. The lowest BCUT2D eigenvalue weighted by Crippen LogP contribution is -2.42. The molecule has 1 fully saturated rings. The number of aromatic nitrogens is 1. The van der Waals surface area contributed by atoms with Gasteiger partial charge in [-0.15, -0.1) is 0 Å². The Morgan fingerprint density at radius 1 is 1.44 bits per heavy atom. The fraction of sp³-hybridized carbons (Fsp3) is 0.615. The van der Waals surface area contributed by atoms with Crippen molar-refractivity contribution >= 4 is 17.4 Å². The predicted molar refractivity (Wildman–Crippen MR) is 76.1 cm³/mol. The number of piperidine rings is 1. The van der Waals surface area contributed by atoms with Crippen molar-refractivity contribution in [3.63, 3.8) is 0 Å². The minimum atomic E-state index is 0.461. The van der Waals surface area contributed by atoms with Gasteiger partial charge in [-0.05, 0) is 38.6 Å². The maximum atomic E-state index is 6.35. The van der Waals surface area contributed by atoms with E-state index in [1.165, 1.54) is 0 Å². The van der Waals surface area contributed by atoms with Gasteiger partial charge in [0.2, 0.25) is 0 Å². The molecule has 0 spiro atoms. The molecule has 5 heteroatoms.